The Kier molecular flexibility index (Phi) is 46.9. The van der Waals surface area contributed by atoms with Crippen molar-refractivity contribution in [1.29, 1.82) is 0 Å². The van der Waals surface area contributed by atoms with Crippen LogP contribution >= 0.6 is 0 Å². The van der Waals surface area contributed by atoms with Gasteiger partial charge in [-0.05, 0) is 57.8 Å². The van der Waals surface area contributed by atoms with E-state index in [1.807, 2.05) is 18.2 Å². The molecule has 0 saturated carbocycles. The number of esters is 3. The second kappa shape index (κ2) is 49.5. The summed E-state index contributed by atoms with van der Waals surface area (Å²) in [6.45, 7) is 6.41. The van der Waals surface area contributed by atoms with Crippen LogP contribution < -0.4 is 0 Å². The van der Waals surface area contributed by atoms with E-state index < -0.39 is 6.10 Å². The zero-order valence-electron chi connectivity index (χ0n) is 39.9. The maximum atomic E-state index is 12.8. The molecule has 0 bridgehead atoms. The highest BCUT2D eigenvalue weighted by Gasteiger charge is 2.19. The molecule has 0 aliphatic heterocycles. The van der Waals surface area contributed by atoms with Crippen molar-refractivity contribution in [2.45, 2.75) is 245 Å². The van der Waals surface area contributed by atoms with Crippen LogP contribution in [0.1, 0.15) is 239 Å². The van der Waals surface area contributed by atoms with Crippen molar-refractivity contribution in [2.24, 2.45) is 0 Å². The van der Waals surface area contributed by atoms with Gasteiger partial charge in [0.05, 0.1) is 0 Å². The van der Waals surface area contributed by atoms with Crippen LogP contribution in [0.15, 0.2) is 72.9 Å². The van der Waals surface area contributed by atoms with Gasteiger partial charge in [-0.2, -0.15) is 0 Å². The molecule has 0 heterocycles. The Morgan fingerprint density at radius 3 is 1.08 bits per heavy atom. The summed E-state index contributed by atoms with van der Waals surface area (Å²) in [5.41, 5.74) is 0. The molecule has 6 nitrogen and oxygen atoms in total. The van der Waals surface area contributed by atoms with Gasteiger partial charge >= 0.3 is 17.9 Å². The lowest BCUT2D eigenvalue weighted by Gasteiger charge is -2.18. The first-order valence-corrected chi connectivity index (χ1v) is 25.5. The number of carbonyl (C=O) groups is 3. The smallest absolute Gasteiger partial charge is 0.306 e. The van der Waals surface area contributed by atoms with Crippen molar-refractivity contribution in [3.8, 4) is 0 Å². The molecule has 0 aromatic heterocycles. The first kappa shape index (κ1) is 57.9. The second-order valence-corrected chi connectivity index (χ2v) is 16.8. The minimum atomic E-state index is -0.796. The normalized spacial score (nSPS) is 12.6. The third-order valence-corrected chi connectivity index (χ3v) is 10.8. The fourth-order valence-corrected chi connectivity index (χ4v) is 6.96. The molecule has 0 aliphatic carbocycles. The van der Waals surface area contributed by atoms with Gasteiger partial charge in [0, 0.05) is 19.3 Å². The molecule has 0 radical (unpaired) electrons. The number of rotatable bonds is 45. The molecule has 0 saturated heterocycles. The maximum Gasteiger partial charge on any atom is 0.306 e. The molecule has 0 N–H and O–H groups in total. The Hall–Kier alpha value is -3.15. The van der Waals surface area contributed by atoms with Crippen LogP contribution in [0.5, 0.6) is 0 Å². The van der Waals surface area contributed by atoms with E-state index in [9.17, 15) is 14.4 Å². The average molecular weight is 851 g/mol. The Labute approximate surface area is 376 Å². The lowest BCUT2D eigenvalue weighted by Crippen LogP contribution is -2.30. The zero-order valence-corrected chi connectivity index (χ0v) is 39.9. The van der Waals surface area contributed by atoms with E-state index >= 15 is 0 Å². The molecular formula is C55H94O6. The summed E-state index contributed by atoms with van der Waals surface area (Å²) in [6.07, 6.45) is 61.7. The third kappa shape index (κ3) is 47.7. The summed E-state index contributed by atoms with van der Waals surface area (Å²) < 4.78 is 16.7. The van der Waals surface area contributed by atoms with E-state index in [1.165, 1.54) is 103 Å². The Morgan fingerprint density at radius 2 is 0.656 bits per heavy atom. The number of unbranched alkanes of at least 4 members (excludes halogenated alkanes) is 26. The Balaban J connectivity index is 4.40. The SMILES string of the molecule is CC\C=C/C=C\C=C/C=C\CCCCCCCC(=O)OC(COC(=O)CCCCC/C=C\C=C/CCCC)COC(=O)CCCCCCCCCCCCCCCCCCC. The predicted octanol–water partition coefficient (Wildman–Crippen LogP) is 16.6. The van der Waals surface area contributed by atoms with Crippen molar-refractivity contribution in [3.05, 3.63) is 72.9 Å². The highest BCUT2D eigenvalue weighted by Crippen LogP contribution is 2.15. The number of hydrogen-bond donors (Lipinski definition) is 0. The number of ether oxygens (including phenoxy) is 3. The van der Waals surface area contributed by atoms with Crippen LogP contribution in [0.2, 0.25) is 0 Å². The molecule has 1 atom stereocenters. The minimum Gasteiger partial charge on any atom is -0.462 e. The number of allylic oxidation sites excluding steroid dienone is 12. The van der Waals surface area contributed by atoms with Crippen LogP contribution in [0.25, 0.3) is 0 Å². The molecule has 61 heavy (non-hydrogen) atoms. The highest BCUT2D eigenvalue weighted by atomic mass is 16.6. The average Bonchev–Trinajstić information content (AvgIpc) is 3.26. The van der Waals surface area contributed by atoms with Crippen molar-refractivity contribution in [3.63, 3.8) is 0 Å². The van der Waals surface area contributed by atoms with Gasteiger partial charge in [0.25, 0.3) is 0 Å². The summed E-state index contributed by atoms with van der Waals surface area (Å²) >= 11 is 0. The van der Waals surface area contributed by atoms with Gasteiger partial charge in [0.15, 0.2) is 6.10 Å². The first-order valence-electron chi connectivity index (χ1n) is 25.5. The monoisotopic (exact) mass is 851 g/mol. The highest BCUT2D eigenvalue weighted by molar-refractivity contribution is 5.71. The lowest BCUT2D eigenvalue weighted by molar-refractivity contribution is -0.167. The topological polar surface area (TPSA) is 78.9 Å². The minimum absolute atomic E-state index is 0.0923. The summed E-state index contributed by atoms with van der Waals surface area (Å²) in [7, 11) is 0. The summed E-state index contributed by atoms with van der Waals surface area (Å²) in [4.78, 5) is 37.9. The van der Waals surface area contributed by atoms with Gasteiger partial charge in [0.1, 0.15) is 13.2 Å². The molecule has 0 fully saturated rings. The molecule has 0 aliphatic rings. The lowest BCUT2D eigenvalue weighted by atomic mass is 10.0. The largest absolute Gasteiger partial charge is 0.462 e. The van der Waals surface area contributed by atoms with Gasteiger partial charge < -0.3 is 14.2 Å². The molecule has 0 spiro atoms. The predicted molar refractivity (Wildman–Crippen MR) is 261 cm³/mol. The standard InChI is InChI=1S/C55H94O6/c1-4-7-10-13-16-19-22-24-26-27-29-30-33-36-39-42-45-48-54(57)60-51-52(50-59-53(56)47-44-41-38-35-32-21-18-15-12-9-6-3)61-55(58)49-46-43-40-37-34-31-28-25-23-20-17-14-11-8-5-2/h8,11,14-15,17-18,20-21,23,25,28,32,52H,4-7,9-10,12-13,16,19,22,24,26-27,29-31,33-51H2,1-3H3/b11-8-,17-14-,18-15-,23-20-,28-25-,32-21-. The van der Waals surface area contributed by atoms with Crippen LogP contribution in [0.4, 0.5) is 0 Å². The molecule has 0 rings (SSSR count). The van der Waals surface area contributed by atoms with E-state index in [2.05, 4.69) is 75.5 Å². The third-order valence-electron chi connectivity index (χ3n) is 10.8. The van der Waals surface area contributed by atoms with Gasteiger partial charge in [-0.1, -0.05) is 235 Å². The van der Waals surface area contributed by atoms with E-state index in [0.29, 0.717) is 19.3 Å². The van der Waals surface area contributed by atoms with Crippen molar-refractivity contribution in [1.82, 2.24) is 0 Å². The first-order chi connectivity index (χ1) is 30.0. The molecular weight excluding hydrogens is 757 g/mol. The van der Waals surface area contributed by atoms with Crippen LogP contribution in [0.3, 0.4) is 0 Å². The van der Waals surface area contributed by atoms with Gasteiger partial charge in [-0.3, -0.25) is 14.4 Å². The number of carbonyl (C=O) groups excluding carboxylic acids is 3. The van der Waals surface area contributed by atoms with E-state index in [-0.39, 0.29) is 31.1 Å². The van der Waals surface area contributed by atoms with Crippen molar-refractivity contribution >= 4 is 17.9 Å². The van der Waals surface area contributed by atoms with Crippen molar-refractivity contribution < 1.29 is 28.6 Å². The fourth-order valence-electron chi connectivity index (χ4n) is 6.96. The molecule has 0 aromatic rings. The summed E-state index contributed by atoms with van der Waals surface area (Å²) in [6, 6.07) is 0. The van der Waals surface area contributed by atoms with Crippen LogP contribution in [0, 0.1) is 0 Å². The zero-order chi connectivity index (χ0) is 44.4. The van der Waals surface area contributed by atoms with E-state index in [1.54, 1.807) is 0 Å². The van der Waals surface area contributed by atoms with Gasteiger partial charge in [-0.15, -0.1) is 0 Å². The molecule has 350 valence electrons. The molecule has 0 aromatic carbocycles. The Bertz CT molecular complexity index is 1160. The number of hydrogen-bond acceptors (Lipinski definition) is 6. The molecule has 0 amide bonds. The fraction of sp³-hybridized carbons (Fsp3) is 0.727. The van der Waals surface area contributed by atoms with Crippen LogP contribution in [-0.2, 0) is 28.6 Å². The van der Waals surface area contributed by atoms with Gasteiger partial charge in [-0.25, -0.2) is 0 Å². The van der Waals surface area contributed by atoms with E-state index in [4.69, 9.17) is 14.2 Å². The molecule has 1 unspecified atom stereocenters. The van der Waals surface area contributed by atoms with Crippen molar-refractivity contribution in [2.75, 3.05) is 13.2 Å². The maximum absolute atomic E-state index is 12.8. The summed E-state index contributed by atoms with van der Waals surface area (Å²) in [5, 5.41) is 0. The Morgan fingerprint density at radius 1 is 0.344 bits per heavy atom. The van der Waals surface area contributed by atoms with E-state index in [0.717, 1.165) is 96.3 Å². The quantitative estimate of drug-likeness (QED) is 0.0263. The summed E-state index contributed by atoms with van der Waals surface area (Å²) in [5.74, 6) is -0.943. The van der Waals surface area contributed by atoms with Crippen LogP contribution in [-0.4, -0.2) is 37.2 Å². The van der Waals surface area contributed by atoms with Gasteiger partial charge in [0.2, 0.25) is 0 Å². The second-order valence-electron chi connectivity index (χ2n) is 16.8. The molecule has 6 heteroatoms.